The van der Waals surface area contributed by atoms with E-state index in [2.05, 4.69) is 4.98 Å². The van der Waals surface area contributed by atoms with Crippen molar-refractivity contribution in [1.29, 1.82) is 0 Å². The minimum absolute atomic E-state index is 0.0224. The first-order chi connectivity index (χ1) is 16.9. The lowest BCUT2D eigenvalue weighted by atomic mass is 9.95. The summed E-state index contributed by atoms with van der Waals surface area (Å²) >= 11 is 0. The highest BCUT2D eigenvalue weighted by molar-refractivity contribution is 6.23. The number of hydrogen-bond acceptors (Lipinski definition) is 9. The van der Waals surface area contributed by atoms with E-state index < -0.39 is 29.8 Å². The number of fused-ring (bicyclic) bond motifs is 4. The Morgan fingerprint density at radius 3 is 2.29 bits per heavy atom. The second-order valence-corrected chi connectivity index (χ2v) is 8.01. The molecule has 0 fully saturated rings. The Morgan fingerprint density at radius 1 is 0.943 bits per heavy atom. The van der Waals surface area contributed by atoms with Crippen LogP contribution in [0.25, 0.3) is 5.70 Å². The SMILES string of the molecule is COC(=O)C1=C(C(=O)OC)C(C(=O)c2ccc(OC)cc2)N2C3=C(C=CC12)C(=O)c1cccnc13. The fraction of sp³-hybridized carbons (Fsp3) is 0.192. The van der Waals surface area contributed by atoms with Gasteiger partial charge in [0.05, 0.1) is 55.5 Å². The molecule has 2 aliphatic heterocycles. The molecule has 3 aliphatic rings. The van der Waals surface area contributed by atoms with Gasteiger partial charge in [0.25, 0.3) is 0 Å². The maximum Gasteiger partial charge on any atom is 0.336 e. The fourth-order valence-electron chi connectivity index (χ4n) is 4.81. The third kappa shape index (κ3) is 3.19. The van der Waals surface area contributed by atoms with Crippen LogP contribution in [0.3, 0.4) is 0 Å². The maximum absolute atomic E-state index is 13.9. The van der Waals surface area contributed by atoms with Crippen LogP contribution in [0.2, 0.25) is 0 Å². The van der Waals surface area contributed by atoms with Gasteiger partial charge < -0.3 is 19.1 Å². The van der Waals surface area contributed by atoms with Crippen LogP contribution < -0.4 is 4.74 Å². The third-order valence-electron chi connectivity index (χ3n) is 6.35. The van der Waals surface area contributed by atoms with Gasteiger partial charge in [0.2, 0.25) is 0 Å². The van der Waals surface area contributed by atoms with E-state index in [1.807, 2.05) is 0 Å². The molecule has 0 spiro atoms. The van der Waals surface area contributed by atoms with Crippen molar-refractivity contribution < 1.29 is 33.4 Å². The molecule has 0 radical (unpaired) electrons. The van der Waals surface area contributed by atoms with E-state index in [0.717, 1.165) is 0 Å². The third-order valence-corrected chi connectivity index (χ3v) is 6.35. The number of allylic oxidation sites excluding steroid dienone is 2. The molecular weight excluding hydrogens is 452 g/mol. The molecule has 2 atom stereocenters. The number of ketones is 2. The zero-order valence-corrected chi connectivity index (χ0v) is 19.1. The van der Waals surface area contributed by atoms with Crippen molar-refractivity contribution in [2.24, 2.45) is 0 Å². The summed E-state index contributed by atoms with van der Waals surface area (Å²) in [7, 11) is 3.88. The molecular formula is C26H20N2O7. The summed E-state index contributed by atoms with van der Waals surface area (Å²) in [5.41, 5.74) is 1.59. The molecule has 5 rings (SSSR count). The van der Waals surface area contributed by atoms with Crippen LogP contribution >= 0.6 is 0 Å². The lowest BCUT2D eigenvalue weighted by Crippen LogP contribution is -2.44. The van der Waals surface area contributed by atoms with E-state index in [4.69, 9.17) is 14.2 Å². The van der Waals surface area contributed by atoms with Crippen LogP contribution in [0, 0.1) is 0 Å². The van der Waals surface area contributed by atoms with Gasteiger partial charge >= 0.3 is 11.9 Å². The zero-order valence-electron chi connectivity index (χ0n) is 19.1. The van der Waals surface area contributed by atoms with E-state index in [-0.39, 0.29) is 22.5 Å². The Labute approximate surface area is 200 Å². The van der Waals surface area contributed by atoms with Gasteiger partial charge in [-0.25, -0.2) is 9.59 Å². The number of carbonyl (C=O) groups is 4. The summed E-state index contributed by atoms with van der Waals surface area (Å²) in [6, 6.07) is 7.59. The molecule has 0 saturated heterocycles. The molecule has 9 heteroatoms. The van der Waals surface area contributed by atoms with Gasteiger partial charge in [-0.05, 0) is 36.4 Å². The Bertz CT molecular complexity index is 1380. The van der Waals surface area contributed by atoms with Gasteiger partial charge in [0, 0.05) is 17.3 Å². The van der Waals surface area contributed by atoms with Crippen molar-refractivity contribution in [2.45, 2.75) is 12.1 Å². The first-order valence-corrected chi connectivity index (χ1v) is 10.7. The molecule has 35 heavy (non-hydrogen) atoms. The summed E-state index contributed by atoms with van der Waals surface area (Å²) in [4.78, 5) is 59.0. The van der Waals surface area contributed by atoms with Crippen LogP contribution in [0.4, 0.5) is 0 Å². The van der Waals surface area contributed by atoms with E-state index in [0.29, 0.717) is 28.3 Å². The predicted molar refractivity (Wildman–Crippen MR) is 122 cm³/mol. The summed E-state index contributed by atoms with van der Waals surface area (Å²) in [5.74, 6) is -1.77. The lowest BCUT2D eigenvalue weighted by Gasteiger charge is -2.35. The molecule has 3 heterocycles. The van der Waals surface area contributed by atoms with Crippen molar-refractivity contribution in [2.75, 3.05) is 21.3 Å². The second-order valence-electron chi connectivity index (χ2n) is 8.01. The number of ether oxygens (including phenoxy) is 3. The van der Waals surface area contributed by atoms with Crippen LogP contribution in [0.15, 0.2) is 71.5 Å². The Hall–Kier alpha value is -4.53. The number of aromatic nitrogens is 1. The van der Waals surface area contributed by atoms with Crippen molar-refractivity contribution in [3.63, 3.8) is 0 Å². The average Bonchev–Trinajstić information content (AvgIpc) is 3.40. The lowest BCUT2D eigenvalue weighted by molar-refractivity contribution is -0.139. The number of hydrogen-bond donors (Lipinski definition) is 0. The molecule has 0 amide bonds. The molecule has 9 nitrogen and oxygen atoms in total. The number of esters is 2. The molecule has 2 aromatic rings. The number of pyridine rings is 1. The quantitative estimate of drug-likeness (QED) is 0.477. The van der Waals surface area contributed by atoms with Crippen LogP contribution in [-0.2, 0) is 19.1 Å². The summed E-state index contributed by atoms with van der Waals surface area (Å²) < 4.78 is 15.2. The number of rotatable bonds is 5. The van der Waals surface area contributed by atoms with Gasteiger partial charge in [0.1, 0.15) is 11.8 Å². The van der Waals surface area contributed by atoms with E-state index in [1.54, 1.807) is 59.6 Å². The number of Topliss-reactive ketones (excluding diaryl/α,β-unsaturated/α-hetero) is 2. The monoisotopic (exact) mass is 472 g/mol. The number of carbonyl (C=O) groups excluding carboxylic acids is 4. The minimum Gasteiger partial charge on any atom is -0.497 e. The van der Waals surface area contributed by atoms with Gasteiger partial charge in [-0.15, -0.1) is 0 Å². The first kappa shape index (κ1) is 22.3. The molecule has 0 N–H and O–H groups in total. The van der Waals surface area contributed by atoms with E-state index in [9.17, 15) is 19.2 Å². The molecule has 0 saturated carbocycles. The van der Waals surface area contributed by atoms with E-state index >= 15 is 0 Å². The highest BCUT2D eigenvalue weighted by Gasteiger charge is 2.53. The Balaban J connectivity index is 1.74. The summed E-state index contributed by atoms with van der Waals surface area (Å²) in [6.07, 6.45) is 4.75. The molecule has 1 aliphatic carbocycles. The molecule has 0 bridgehead atoms. The van der Waals surface area contributed by atoms with Crippen LogP contribution in [0.5, 0.6) is 5.75 Å². The topological polar surface area (TPSA) is 112 Å². The standard InChI is InChI=1S/C26H20N2O7/c1-33-14-8-6-13(7-9-14)23(29)22-19(26(32)35-3)18(25(31)34-2)17-11-10-16-21(28(17)22)20-15(24(16)30)5-4-12-27-20/h4-12,17,22H,1-3H3. The molecule has 2 unspecified atom stereocenters. The highest BCUT2D eigenvalue weighted by Crippen LogP contribution is 2.47. The Morgan fingerprint density at radius 2 is 1.63 bits per heavy atom. The highest BCUT2D eigenvalue weighted by atomic mass is 16.5. The van der Waals surface area contributed by atoms with Crippen molar-refractivity contribution in [1.82, 2.24) is 9.88 Å². The van der Waals surface area contributed by atoms with Crippen LogP contribution in [-0.4, -0.2) is 66.8 Å². The van der Waals surface area contributed by atoms with E-state index in [1.165, 1.54) is 21.3 Å². The van der Waals surface area contributed by atoms with Gasteiger partial charge in [0.15, 0.2) is 11.6 Å². The fourth-order valence-corrected chi connectivity index (χ4v) is 4.81. The minimum atomic E-state index is -1.26. The van der Waals surface area contributed by atoms with Gasteiger partial charge in [-0.1, -0.05) is 12.2 Å². The van der Waals surface area contributed by atoms with Gasteiger partial charge in [-0.3, -0.25) is 14.6 Å². The van der Waals surface area contributed by atoms with Crippen molar-refractivity contribution >= 4 is 29.2 Å². The van der Waals surface area contributed by atoms with Crippen molar-refractivity contribution in [3.05, 3.63) is 88.3 Å². The predicted octanol–water partition coefficient (Wildman–Crippen LogP) is 2.15. The largest absolute Gasteiger partial charge is 0.497 e. The molecule has 1 aromatic carbocycles. The maximum atomic E-state index is 13.9. The summed E-state index contributed by atoms with van der Waals surface area (Å²) in [6.45, 7) is 0. The first-order valence-electron chi connectivity index (χ1n) is 10.7. The second kappa shape index (κ2) is 8.35. The average molecular weight is 472 g/mol. The smallest absolute Gasteiger partial charge is 0.336 e. The number of methoxy groups -OCH3 is 3. The van der Waals surface area contributed by atoms with Crippen LogP contribution in [0.1, 0.15) is 26.4 Å². The number of benzene rings is 1. The summed E-state index contributed by atoms with van der Waals surface area (Å²) in [5, 5.41) is 0. The Kier molecular flexibility index (Phi) is 5.32. The van der Waals surface area contributed by atoms with Gasteiger partial charge in [-0.2, -0.15) is 0 Å². The molecule has 1 aromatic heterocycles. The number of nitrogens with zero attached hydrogens (tertiary/aromatic N) is 2. The normalized spacial score (nSPS) is 19.9. The molecule has 176 valence electrons. The zero-order chi connectivity index (χ0) is 24.9. The van der Waals surface area contributed by atoms with Crippen molar-refractivity contribution in [3.8, 4) is 5.75 Å².